The zero-order chi connectivity index (χ0) is 23.3. The summed E-state index contributed by atoms with van der Waals surface area (Å²) in [5.41, 5.74) is 2.15. The molecule has 0 saturated carbocycles. The third kappa shape index (κ3) is 3.58. The summed E-state index contributed by atoms with van der Waals surface area (Å²) in [4.78, 5) is 18.4. The summed E-state index contributed by atoms with van der Waals surface area (Å²) in [6.07, 6.45) is 3.38. The van der Waals surface area contributed by atoms with Crippen LogP contribution in [0, 0.1) is 5.92 Å². The average molecular weight is 476 g/mol. The predicted octanol–water partition coefficient (Wildman–Crippen LogP) is 4.26. The molecule has 1 atom stereocenters. The van der Waals surface area contributed by atoms with Gasteiger partial charge in [-0.25, -0.2) is 8.42 Å². The molecule has 0 radical (unpaired) electrons. The quantitative estimate of drug-likeness (QED) is 0.568. The number of nitrogens with zero attached hydrogens (tertiary/aromatic N) is 3. The smallest absolute Gasteiger partial charge is 0.243 e. The number of para-hydroxylation sites is 2. The van der Waals surface area contributed by atoms with Gasteiger partial charge in [0.15, 0.2) is 0 Å². The van der Waals surface area contributed by atoms with Gasteiger partial charge in [-0.05, 0) is 60.7 Å². The lowest BCUT2D eigenvalue weighted by Gasteiger charge is -2.42. The predicted molar refractivity (Wildman–Crippen MR) is 135 cm³/mol. The zero-order valence-corrected chi connectivity index (χ0v) is 20.0. The molecule has 3 aliphatic heterocycles. The van der Waals surface area contributed by atoms with E-state index in [2.05, 4.69) is 11.0 Å². The van der Waals surface area contributed by atoms with E-state index in [1.807, 2.05) is 53.4 Å². The lowest BCUT2D eigenvalue weighted by molar-refractivity contribution is -0.123. The number of amides is 1. The molecule has 0 aliphatic carbocycles. The molecule has 2 saturated heterocycles. The number of sulfonamides is 1. The third-order valence-electron chi connectivity index (χ3n) is 7.68. The molecule has 0 aromatic heterocycles. The highest BCUT2D eigenvalue weighted by molar-refractivity contribution is 7.89. The lowest BCUT2D eigenvalue weighted by Crippen LogP contribution is -2.51. The Kier molecular flexibility index (Phi) is 5.34. The Balaban J connectivity index is 1.18. The maximum absolute atomic E-state index is 13.6. The molecule has 3 heterocycles. The van der Waals surface area contributed by atoms with Crippen molar-refractivity contribution in [2.45, 2.75) is 36.6 Å². The second kappa shape index (κ2) is 8.40. The standard InChI is InChI=1S/C27H29N3O3S/c31-27(30-19-23-8-5-15-29(23)25-9-3-4-10-26(25)30)21-13-16-28(17-14-21)34(32,33)24-12-11-20-6-1-2-7-22(20)18-24/h1-4,6-7,9-12,18,21,23H,5,8,13-17,19H2. The summed E-state index contributed by atoms with van der Waals surface area (Å²) in [6, 6.07) is 21.6. The van der Waals surface area contributed by atoms with Gasteiger partial charge in [-0.2, -0.15) is 4.31 Å². The number of carbonyl (C=O) groups is 1. The molecular weight excluding hydrogens is 446 g/mol. The molecular formula is C27H29N3O3S. The van der Waals surface area contributed by atoms with Crippen LogP contribution in [0.2, 0.25) is 0 Å². The van der Waals surface area contributed by atoms with Gasteiger partial charge in [0.2, 0.25) is 15.9 Å². The van der Waals surface area contributed by atoms with Crippen molar-refractivity contribution in [2.24, 2.45) is 5.92 Å². The summed E-state index contributed by atoms with van der Waals surface area (Å²) in [7, 11) is -3.59. The van der Waals surface area contributed by atoms with E-state index >= 15 is 0 Å². The molecule has 7 heteroatoms. The van der Waals surface area contributed by atoms with Crippen LogP contribution < -0.4 is 9.80 Å². The van der Waals surface area contributed by atoms with E-state index in [0.717, 1.165) is 48.1 Å². The van der Waals surface area contributed by atoms with Crippen LogP contribution >= 0.6 is 0 Å². The Bertz CT molecular complexity index is 1350. The molecule has 3 aliphatic rings. The first-order valence-electron chi connectivity index (χ1n) is 12.2. The summed E-state index contributed by atoms with van der Waals surface area (Å²) in [6.45, 7) is 2.52. The first kappa shape index (κ1) is 21.6. The number of rotatable bonds is 3. The van der Waals surface area contributed by atoms with Gasteiger partial charge in [0.1, 0.15) is 0 Å². The molecule has 2 fully saturated rings. The van der Waals surface area contributed by atoms with Crippen LogP contribution in [0.25, 0.3) is 10.8 Å². The first-order chi connectivity index (χ1) is 16.5. The van der Waals surface area contributed by atoms with Crippen LogP contribution in [0.15, 0.2) is 71.6 Å². The molecule has 6 nitrogen and oxygen atoms in total. The first-order valence-corrected chi connectivity index (χ1v) is 13.6. The van der Waals surface area contributed by atoms with Crippen molar-refractivity contribution in [3.8, 4) is 0 Å². The largest absolute Gasteiger partial charge is 0.365 e. The summed E-state index contributed by atoms with van der Waals surface area (Å²) < 4.78 is 28.2. The monoisotopic (exact) mass is 475 g/mol. The SMILES string of the molecule is O=C(C1CCN(S(=O)(=O)c2ccc3ccccc3c2)CC1)N1CC2CCCN2c2ccccc21. The highest BCUT2D eigenvalue weighted by Gasteiger charge is 2.40. The van der Waals surface area contributed by atoms with Gasteiger partial charge in [0.05, 0.1) is 16.3 Å². The number of benzene rings is 3. The van der Waals surface area contributed by atoms with Crippen molar-refractivity contribution < 1.29 is 13.2 Å². The topological polar surface area (TPSA) is 60.9 Å². The van der Waals surface area contributed by atoms with Gasteiger partial charge in [-0.15, -0.1) is 0 Å². The van der Waals surface area contributed by atoms with Crippen molar-refractivity contribution in [1.29, 1.82) is 0 Å². The normalized spacial score (nSPS) is 21.5. The van der Waals surface area contributed by atoms with Crippen molar-refractivity contribution in [3.63, 3.8) is 0 Å². The number of fused-ring (bicyclic) bond motifs is 4. The van der Waals surface area contributed by atoms with E-state index in [1.54, 1.807) is 16.4 Å². The number of piperidine rings is 1. The van der Waals surface area contributed by atoms with Gasteiger partial charge in [-0.3, -0.25) is 4.79 Å². The van der Waals surface area contributed by atoms with E-state index in [1.165, 1.54) is 0 Å². The van der Waals surface area contributed by atoms with Crippen LogP contribution in [0.1, 0.15) is 25.7 Å². The lowest BCUT2D eigenvalue weighted by atomic mass is 9.95. The van der Waals surface area contributed by atoms with Crippen molar-refractivity contribution >= 4 is 38.1 Å². The van der Waals surface area contributed by atoms with Gasteiger partial charge in [0, 0.05) is 38.1 Å². The molecule has 1 amide bonds. The fourth-order valence-corrected chi connectivity index (χ4v) is 7.34. The summed E-state index contributed by atoms with van der Waals surface area (Å²) in [5.74, 6) is -0.00850. The Morgan fingerprint density at radius 1 is 0.794 bits per heavy atom. The van der Waals surface area contributed by atoms with E-state index < -0.39 is 10.0 Å². The molecule has 176 valence electrons. The Morgan fingerprint density at radius 2 is 1.50 bits per heavy atom. The molecule has 34 heavy (non-hydrogen) atoms. The van der Waals surface area contributed by atoms with E-state index in [-0.39, 0.29) is 11.8 Å². The van der Waals surface area contributed by atoms with Gasteiger partial charge in [0.25, 0.3) is 0 Å². The molecule has 1 unspecified atom stereocenters. The second-order valence-electron chi connectivity index (χ2n) is 9.61. The second-order valence-corrected chi connectivity index (χ2v) is 11.6. The minimum absolute atomic E-state index is 0.141. The van der Waals surface area contributed by atoms with Crippen molar-refractivity contribution in [2.75, 3.05) is 36.0 Å². The van der Waals surface area contributed by atoms with Crippen LogP contribution in [0.5, 0.6) is 0 Å². The average Bonchev–Trinajstić information content (AvgIpc) is 3.37. The van der Waals surface area contributed by atoms with Crippen molar-refractivity contribution in [1.82, 2.24) is 4.31 Å². The molecule has 3 aromatic carbocycles. The molecule has 0 spiro atoms. The summed E-state index contributed by atoms with van der Waals surface area (Å²) >= 11 is 0. The van der Waals surface area contributed by atoms with E-state index in [0.29, 0.717) is 36.9 Å². The number of hydrogen-bond donors (Lipinski definition) is 0. The zero-order valence-electron chi connectivity index (χ0n) is 19.1. The maximum atomic E-state index is 13.6. The van der Waals surface area contributed by atoms with Crippen LogP contribution in [0.3, 0.4) is 0 Å². The van der Waals surface area contributed by atoms with Crippen molar-refractivity contribution in [3.05, 3.63) is 66.7 Å². The number of hydrogen-bond acceptors (Lipinski definition) is 4. The van der Waals surface area contributed by atoms with Gasteiger partial charge in [-0.1, -0.05) is 42.5 Å². The highest BCUT2D eigenvalue weighted by atomic mass is 32.2. The van der Waals surface area contributed by atoms with E-state index in [4.69, 9.17) is 0 Å². The van der Waals surface area contributed by atoms with E-state index in [9.17, 15) is 13.2 Å². The van der Waals surface area contributed by atoms with Crippen LogP contribution in [-0.2, 0) is 14.8 Å². The third-order valence-corrected chi connectivity index (χ3v) is 9.57. The Labute approximate surface area is 200 Å². The highest BCUT2D eigenvalue weighted by Crippen LogP contribution is 2.40. The number of anilines is 2. The van der Waals surface area contributed by atoms with Gasteiger partial charge >= 0.3 is 0 Å². The van der Waals surface area contributed by atoms with Gasteiger partial charge < -0.3 is 9.80 Å². The fraction of sp³-hybridized carbons (Fsp3) is 0.370. The Hall–Kier alpha value is -2.90. The molecule has 3 aromatic rings. The van der Waals surface area contributed by atoms with Crippen LogP contribution in [0.4, 0.5) is 11.4 Å². The maximum Gasteiger partial charge on any atom is 0.243 e. The Morgan fingerprint density at radius 3 is 2.29 bits per heavy atom. The molecule has 0 N–H and O–H groups in total. The minimum Gasteiger partial charge on any atom is -0.365 e. The summed E-state index contributed by atoms with van der Waals surface area (Å²) in [5, 5.41) is 1.94. The molecule has 6 rings (SSSR count). The molecule has 0 bridgehead atoms. The van der Waals surface area contributed by atoms with Crippen LogP contribution in [-0.4, -0.2) is 50.9 Å². The number of carbonyl (C=O) groups excluding carboxylic acids is 1. The minimum atomic E-state index is -3.59. The fourth-order valence-electron chi connectivity index (χ4n) is 5.84.